The average Bonchev–Trinajstić information content (AvgIpc) is 2.77. The molecule has 3 aromatic carbocycles. The van der Waals surface area contributed by atoms with E-state index in [9.17, 15) is 14.4 Å². The number of rotatable bonds is 7. The maximum Gasteiger partial charge on any atom is 0.342 e. The molecule has 0 atom stereocenters. The van der Waals surface area contributed by atoms with E-state index in [4.69, 9.17) is 9.47 Å². The first kappa shape index (κ1) is 21.3. The van der Waals surface area contributed by atoms with E-state index in [-0.39, 0.29) is 12.2 Å². The van der Waals surface area contributed by atoms with Gasteiger partial charge in [0.2, 0.25) is 0 Å². The van der Waals surface area contributed by atoms with Gasteiger partial charge in [-0.2, -0.15) is 0 Å². The first-order valence-corrected chi connectivity index (χ1v) is 9.85. The van der Waals surface area contributed by atoms with E-state index in [0.29, 0.717) is 11.3 Å². The van der Waals surface area contributed by atoms with Crippen molar-refractivity contribution in [3.8, 4) is 5.75 Å². The number of nitrogens with one attached hydrogen (secondary N) is 1. The monoisotopic (exact) mass is 467 g/mol. The number of ether oxygens (including phenoxy) is 2. The van der Waals surface area contributed by atoms with Crippen molar-refractivity contribution < 1.29 is 23.9 Å². The van der Waals surface area contributed by atoms with Gasteiger partial charge in [0.1, 0.15) is 17.9 Å². The van der Waals surface area contributed by atoms with E-state index >= 15 is 0 Å². The molecular weight excluding hydrogens is 450 g/mol. The third-order valence-electron chi connectivity index (χ3n) is 4.01. The minimum absolute atomic E-state index is 0.190. The number of hydrogen-bond donors (Lipinski definition) is 1. The van der Waals surface area contributed by atoms with Crippen LogP contribution in [0.1, 0.15) is 26.3 Å². The largest absolute Gasteiger partial charge is 0.488 e. The number of esters is 1. The Kier molecular flexibility index (Phi) is 7.34. The lowest BCUT2D eigenvalue weighted by Gasteiger charge is -2.11. The number of para-hydroxylation sites is 1. The molecule has 0 radical (unpaired) electrons. The Morgan fingerprint density at radius 1 is 0.867 bits per heavy atom. The van der Waals surface area contributed by atoms with Gasteiger partial charge in [-0.05, 0) is 42.0 Å². The third-order valence-corrected chi connectivity index (χ3v) is 4.51. The molecule has 0 aliphatic heterocycles. The van der Waals surface area contributed by atoms with Crippen LogP contribution in [0, 0.1) is 0 Å². The Labute approximate surface area is 181 Å². The van der Waals surface area contributed by atoms with E-state index in [1.54, 1.807) is 54.6 Å². The van der Waals surface area contributed by atoms with Crippen LogP contribution < -0.4 is 10.1 Å². The lowest BCUT2D eigenvalue weighted by Crippen LogP contribution is -2.34. The zero-order valence-corrected chi connectivity index (χ0v) is 17.4. The Bertz CT molecular complexity index is 1050. The van der Waals surface area contributed by atoms with Gasteiger partial charge in [0.15, 0.2) is 6.61 Å². The van der Waals surface area contributed by atoms with E-state index in [1.807, 2.05) is 24.3 Å². The predicted octanol–water partition coefficient (Wildman–Crippen LogP) is 4.14. The zero-order chi connectivity index (χ0) is 21.3. The lowest BCUT2D eigenvalue weighted by molar-refractivity contribution is -0.123. The third kappa shape index (κ3) is 6.02. The van der Waals surface area contributed by atoms with Crippen LogP contribution >= 0.6 is 15.9 Å². The quantitative estimate of drug-likeness (QED) is 0.528. The van der Waals surface area contributed by atoms with Gasteiger partial charge in [-0.15, -0.1) is 0 Å². The summed E-state index contributed by atoms with van der Waals surface area (Å²) in [5, 5.41) is 2.18. The van der Waals surface area contributed by atoms with Gasteiger partial charge in [0, 0.05) is 10.0 Å². The molecule has 3 rings (SSSR count). The molecule has 0 fully saturated rings. The molecule has 0 unspecified atom stereocenters. The fraction of sp³-hybridized carbons (Fsp3) is 0.0870. The lowest BCUT2D eigenvalue weighted by atomic mass is 10.2. The van der Waals surface area contributed by atoms with Crippen molar-refractivity contribution >= 4 is 33.7 Å². The van der Waals surface area contributed by atoms with E-state index in [1.165, 1.54) is 0 Å². The van der Waals surface area contributed by atoms with E-state index in [2.05, 4.69) is 21.2 Å². The number of carbonyl (C=O) groups excluding carboxylic acids is 3. The van der Waals surface area contributed by atoms with Crippen molar-refractivity contribution in [1.29, 1.82) is 0 Å². The van der Waals surface area contributed by atoms with Crippen molar-refractivity contribution in [1.82, 2.24) is 5.32 Å². The van der Waals surface area contributed by atoms with Crippen LogP contribution in [0.2, 0.25) is 0 Å². The molecule has 1 N–H and O–H groups in total. The summed E-state index contributed by atoms with van der Waals surface area (Å²) in [6.07, 6.45) is 0. The summed E-state index contributed by atoms with van der Waals surface area (Å²) < 4.78 is 11.7. The predicted molar refractivity (Wildman–Crippen MR) is 114 cm³/mol. The second-order valence-electron chi connectivity index (χ2n) is 6.23. The highest BCUT2D eigenvalue weighted by molar-refractivity contribution is 9.10. The molecule has 30 heavy (non-hydrogen) atoms. The Morgan fingerprint density at radius 2 is 1.60 bits per heavy atom. The highest BCUT2D eigenvalue weighted by Crippen LogP contribution is 2.21. The van der Waals surface area contributed by atoms with Crippen molar-refractivity contribution in [3.05, 3.63) is 100 Å². The Hall–Kier alpha value is -3.45. The summed E-state index contributed by atoms with van der Waals surface area (Å²) in [5.41, 5.74) is 1.45. The number of amides is 2. The van der Waals surface area contributed by atoms with Crippen LogP contribution in [-0.2, 0) is 16.1 Å². The molecule has 0 spiro atoms. The second-order valence-corrected chi connectivity index (χ2v) is 7.15. The molecular formula is C23H18BrNO5. The van der Waals surface area contributed by atoms with Gasteiger partial charge in [-0.3, -0.25) is 14.9 Å². The van der Waals surface area contributed by atoms with Crippen LogP contribution in [0.25, 0.3) is 0 Å². The molecule has 0 aliphatic rings. The maximum absolute atomic E-state index is 12.4. The number of halogens is 1. The molecule has 2 amide bonds. The van der Waals surface area contributed by atoms with Crippen LogP contribution in [0.3, 0.4) is 0 Å². The standard InChI is InChI=1S/C23H18BrNO5/c24-18-10-6-7-16(13-18)14-29-20-12-5-4-11-19(20)23(28)30-15-21(26)25-22(27)17-8-2-1-3-9-17/h1-13H,14-15H2,(H,25,26,27). The van der Waals surface area contributed by atoms with Gasteiger partial charge < -0.3 is 9.47 Å². The van der Waals surface area contributed by atoms with Gasteiger partial charge in [-0.1, -0.05) is 58.4 Å². The summed E-state index contributed by atoms with van der Waals surface area (Å²) in [5.74, 6) is -1.66. The highest BCUT2D eigenvalue weighted by Gasteiger charge is 2.17. The van der Waals surface area contributed by atoms with Crippen molar-refractivity contribution in [2.75, 3.05) is 6.61 Å². The SMILES string of the molecule is O=C(COC(=O)c1ccccc1OCc1cccc(Br)c1)NC(=O)c1ccccc1. The summed E-state index contributed by atoms with van der Waals surface area (Å²) in [4.78, 5) is 36.3. The van der Waals surface area contributed by atoms with Gasteiger partial charge >= 0.3 is 5.97 Å². The van der Waals surface area contributed by atoms with E-state index in [0.717, 1.165) is 10.0 Å². The smallest absolute Gasteiger partial charge is 0.342 e. The fourth-order valence-electron chi connectivity index (χ4n) is 2.58. The van der Waals surface area contributed by atoms with Crippen LogP contribution in [0.5, 0.6) is 5.75 Å². The molecule has 0 saturated carbocycles. The van der Waals surface area contributed by atoms with Gasteiger partial charge in [-0.25, -0.2) is 4.79 Å². The molecule has 6 nitrogen and oxygen atoms in total. The molecule has 0 bridgehead atoms. The molecule has 7 heteroatoms. The summed E-state index contributed by atoms with van der Waals surface area (Å²) in [7, 11) is 0. The number of carbonyl (C=O) groups is 3. The molecule has 3 aromatic rings. The minimum atomic E-state index is -0.720. The van der Waals surface area contributed by atoms with Gasteiger partial charge in [0.25, 0.3) is 11.8 Å². The Balaban J connectivity index is 1.56. The molecule has 0 aromatic heterocycles. The Morgan fingerprint density at radius 3 is 2.37 bits per heavy atom. The first-order valence-electron chi connectivity index (χ1n) is 9.05. The van der Waals surface area contributed by atoms with Crippen molar-refractivity contribution in [2.45, 2.75) is 6.61 Å². The van der Waals surface area contributed by atoms with Crippen LogP contribution in [-0.4, -0.2) is 24.4 Å². The zero-order valence-electron chi connectivity index (χ0n) is 15.8. The normalized spacial score (nSPS) is 10.2. The number of hydrogen-bond acceptors (Lipinski definition) is 5. The number of imide groups is 1. The second kappa shape index (κ2) is 10.4. The topological polar surface area (TPSA) is 81.7 Å². The van der Waals surface area contributed by atoms with E-state index < -0.39 is 24.4 Å². The maximum atomic E-state index is 12.4. The minimum Gasteiger partial charge on any atom is -0.488 e. The van der Waals surface area contributed by atoms with Crippen LogP contribution in [0.15, 0.2) is 83.3 Å². The average molecular weight is 468 g/mol. The van der Waals surface area contributed by atoms with Crippen molar-refractivity contribution in [2.24, 2.45) is 0 Å². The molecule has 0 saturated heterocycles. The molecule has 0 heterocycles. The summed E-state index contributed by atoms with van der Waals surface area (Å²) in [6, 6.07) is 22.5. The van der Waals surface area contributed by atoms with Crippen molar-refractivity contribution in [3.63, 3.8) is 0 Å². The fourth-order valence-corrected chi connectivity index (χ4v) is 3.03. The molecule has 0 aliphatic carbocycles. The molecule has 152 valence electrons. The highest BCUT2D eigenvalue weighted by atomic mass is 79.9. The summed E-state index contributed by atoms with van der Waals surface area (Å²) in [6.45, 7) is -0.326. The van der Waals surface area contributed by atoms with Gasteiger partial charge in [0.05, 0.1) is 0 Å². The summed E-state index contributed by atoms with van der Waals surface area (Å²) >= 11 is 3.40. The number of benzene rings is 3. The van der Waals surface area contributed by atoms with Crippen LogP contribution in [0.4, 0.5) is 0 Å². The first-order chi connectivity index (χ1) is 14.5.